The zero-order valence-electron chi connectivity index (χ0n) is 16.8. The van der Waals surface area contributed by atoms with E-state index in [-0.39, 0.29) is 50.5 Å². The molecule has 2 aliphatic heterocycles. The number of benzene rings is 1. The van der Waals surface area contributed by atoms with Crippen LogP contribution in [0.3, 0.4) is 0 Å². The zero-order valence-corrected chi connectivity index (χ0v) is 17.6. The molecule has 2 fully saturated rings. The van der Waals surface area contributed by atoms with Gasteiger partial charge in [-0.3, -0.25) is 10.0 Å². The van der Waals surface area contributed by atoms with Crippen molar-refractivity contribution in [3.8, 4) is 0 Å². The number of hydroxylamine groups is 1. The van der Waals surface area contributed by atoms with Crippen LogP contribution in [0.1, 0.15) is 37.2 Å². The number of amides is 2. The lowest BCUT2D eigenvalue weighted by Crippen LogP contribution is -2.54. The highest BCUT2D eigenvalue weighted by molar-refractivity contribution is 7.89. The van der Waals surface area contributed by atoms with E-state index < -0.39 is 44.8 Å². The second kappa shape index (κ2) is 9.05. The third kappa shape index (κ3) is 4.96. The molecule has 12 heteroatoms. The summed E-state index contributed by atoms with van der Waals surface area (Å²) in [7, 11) is -3.93. The minimum atomic E-state index is -3.93. The molecule has 2 saturated heterocycles. The molecular weight excluding hydrogens is 436 g/mol. The number of rotatable bonds is 5. The highest BCUT2D eigenvalue weighted by atomic mass is 32.2. The number of carbonyl (C=O) groups is 2. The first kappa shape index (κ1) is 23.4. The fraction of sp³-hybridized carbons (Fsp3) is 0.579. The van der Waals surface area contributed by atoms with Crippen molar-refractivity contribution >= 4 is 22.0 Å². The Morgan fingerprint density at radius 1 is 1.13 bits per heavy atom. The molecule has 0 bridgehead atoms. The fourth-order valence-corrected chi connectivity index (χ4v) is 6.46. The van der Waals surface area contributed by atoms with Gasteiger partial charge in [0.1, 0.15) is 11.6 Å². The summed E-state index contributed by atoms with van der Waals surface area (Å²) in [5, 5.41) is 18.2. The van der Waals surface area contributed by atoms with Crippen molar-refractivity contribution in [2.24, 2.45) is 5.41 Å². The summed E-state index contributed by atoms with van der Waals surface area (Å²) in [5.74, 6) is -2.85. The van der Waals surface area contributed by atoms with E-state index in [1.807, 2.05) is 0 Å². The summed E-state index contributed by atoms with van der Waals surface area (Å²) in [4.78, 5) is 24.6. The Morgan fingerprint density at radius 3 is 2.29 bits per heavy atom. The number of piperidine rings is 2. The lowest BCUT2D eigenvalue weighted by Gasteiger charge is -2.40. The SMILES string of the molecule is O=C(O)N1CCC(CS(=O)(=O)N2CCC(c3cc(F)ccc3F)CC2)(C(=O)NO)CC1. The van der Waals surface area contributed by atoms with Crippen LogP contribution < -0.4 is 5.48 Å². The van der Waals surface area contributed by atoms with Crippen molar-refractivity contribution in [2.45, 2.75) is 31.6 Å². The van der Waals surface area contributed by atoms with Gasteiger partial charge in [-0.1, -0.05) is 0 Å². The van der Waals surface area contributed by atoms with Crippen LogP contribution in [0.25, 0.3) is 0 Å². The third-order valence-electron chi connectivity index (χ3n) is 6.28. The number of nitrogens with zero attached hydrogens (tertiary/aromatic N) is 2. The maximum absolute atomic E-state index is 14.0. The maximum Gasteiger partial charge on any atom is 0.407 e. The van der Waals surface area contributed by atoms with Crippen molar-refractivity contribution in [3.05, 3.63) is 35.4 Å². The van der Waals surface area contributed by atoms with Gasteiger partial charge in [0.15, 0.2) is 0 Å². The van der Waals surface area contributed by atoms with Gasteiger partial charge in [0.05, 0.1) is 11.2 Å². The number of sulfonamides is 1. The van der Waals surface area contributed by atoms with E-state index in [2.05, 4.69) is 0 Å². The molecule has 0 aliphatic carbocycles. The predicted molar refractivity (Wildman–Crippen MR) is 105 cm³/mol. The van der Waals surface area contributed by atoms with Crippen LogP contribution in [0.15, 0.2) is 18.2 Å². The van der Waals surface area contributed by atoms with Crippen molar-refractivity contribution in [3.63, 3.8) is 0 Å². The second-order valence-electron chi connectivity index (χ2n) is 8.09. The lowest BCUT2D eigenvalue weighted by molar-refractivity contribution is -0.141. The van der Waals surface area contributed by atoms with Gasteiger partial charge in [0.25, 0.3) is 5.91 Å². The van der Waals surface area contributed by atoms with Crippen molar-refractivity contribution in [1.29, 1.82) is 0 Å². The third-order valence-corrected chi connectivity index (χ3v) is 8.35. The summed E-state index contributed by atoms with van der Waals surface area (Å²) < 4.78 is 54.9. The molecule has 0 aromatic heterocycles. The Balaban J connectivity index is 1.70. The molecule has 3 N–H and O–H groups in total. The molecule has 0 atom stereocenters. The van der Waals surface area contributed by atoms with Crippen molar-refractivity contribution in [1.82, 2.24) is 14.7 Å². The molecule has 172 valence electrons. The van der Waals surface area contributed by atoms with Crippen LogP contribution in [0.4, 0.5) is 13.6 Å². The smallest absolute Gasteiger partial charge is 0.407 e. The first-order valence-electron chi connectivity index (χ1n) is 9.93. The number of carboxylic acid groups (broad SMARTS) is 1. The molecule has 3 rings (SSSR count). The zero-order chi connectivity index (χ0) is 22.8. The number of halogens is 2. The number of hydrogen-bond acceptors (Lipinski definition) is 5. The van der Waals surface area contributed by atoms with Gasteiger partial charge in [0, 0.05) is 26.2 Å². The first-order valence-corrected chi connectivity index (χ1v) is 11.5. The van der Waals surface area contributed by atoms with E-state index in [9.17, 15) is 26.8 Å². The Bertz CT molecular complexity index is 942. The van der Waals surface area contributed by atoms with Crippen LogP contribution >= 0.6 is 0 Å². The van der Waals surface area contributed by atoms with Crippen molar-refractivity contribution < 1.29 is 37.1 Å². The van der Waals surface area contributed by atoms with E-state index in [0.717, 1.165) is 23.1 Å². The van der Waals surface area contributed by atoms with E-state index >= 15 is 0 Å². The Kier molecular flexibility index (Phi) is 6.82. The molecule has 31 heavy (non-hydrogen) atoms. The molecule has 9 nitrogen and oxygen atoms in total. The van der Waals surface area contributed by atoms with Crippen LogP contribution in [0, 0.1) is 17.0 Å². The average Bonchev–Trinajstić information content (AvgIpc) is 2.75. The standard InChI is InChI=1S/C19H25F2N3O6S/c20-14-1-2-16(21)15(11-14)13-3-7-24(8-4-13)31(29,30)12-19(17(25)22-28)5-9-23(10-6-19)18(26)27/h1-2,11,13,28H,3-10,12H2,(H,22,25)(H,26,27). The van der Waals surface area contributed by atoms with Crippen molar-refractivity contribution in [2.75, 3.05) is 31.9 Å². The minimum Gasteiger partial charge on any atom is -0.465 e. The fourth-order valence-electron chi connectivity index (χ4n) is 4.39. The summed E-state index contributed by atoms with van der Waals surface area (Å²) in [5.41, 5.74) is 0.284. The van der Waals surface area contributed by atoms with E-state index in [0.29, 0.717) is 12.8 Å². The number of carbonyl (C=O) groups excluding carboxylic acids is 1. The molecule has 2 amide bonds. The average molecular weight is 461 g/mol. The van der Waals surface area contributed by atoms with Crippen LogP contribution in [-0.2, 0) is 14.8 Å². The topological polar surface area (TPSA) is 127 Å². The van der Waals surface area contributed by atoms with E-state index in [4.69, 9.17) is 10.3 Å². The molecule has 0 unspecified atom stereocenters. The Morgan fingerprint density at radius 2 is 1.74 bits per heavy atom. The quantitative estimate of drug-likeness (QED) is 0.453. The molecular formula is C19H25F2N3O6S. The molecule has 1 aromatic rings. The highest BCUT2D eigenvalue weighted by Gasteiger charge is 2.47. The normalized spacial score (nSPS) is 20.4. The predicted octanol–water partition coefficient (Wildman–Crippen LogP) is 1.74. The largest absolute Gasteiger partial charge is 0.465 e. The minimum absolute atomic E-state index is 0.0286. The molecule has 2 aliphatic rings. The van der Waals surface area contributed by atoms with E-state index in [1.54, 1.807) is 0 Å². The highest BCUT2D eigenvalue weighted by Crippen LogP contribution is 2.36. The molecule has 0 radical (unpaired) electrons. The van der Waals surface area contributed by atoms with Gasteiger partial charge in [-0.05, 0) is 55.4 Å². The first-order chi connectivity index (χ1) is 14.6. The lowest BCUT2D eigenvalue weighted by atomic mass is 9.79. The summed E-state index contributed by atoms with van der Waals surface area (Å²) in [6.45, 7) is 0.112. The van der Waals surface area contributed by atoms with Gasteiger partial charge in [-0.2, -0.15) is 0 Å². The summed E-state index contributed by atoms with van der Waals surface area (Å²) in [6, 6.07) is 3.20. The van der Waals surface area contributed by atoms with Gasteiger partial charge in [-0.15, -0.1) is 0 Å². The monoisotopic (exact) mass is 461 g/mol. The molecule has 0 spiro atoms. The molecule has 1 aromatic carbocycles. The van der Waals surface area contributed by atoms with Crippen LogP contribution in [-0.4, -0.2) is 71.9 Å². The molecule has 2 heterocycles. The summed E-state index contributed by atoms with van der Waals surface area (Å²) >= 11 is 0. The van der Waals surface area contributed by atoms with Crippen LogP contribution in [0.5, 0.6) is 0 Å². The number of nitrogens with one attached hydrogen (secondary N) is 1. The Labute approximate surface area is 178 Å². The van der Waals surface area contributed by atoms with Gasteiger partial charge in [0.2, 0.25) is 10.0 Å². The number of hydrogen-bond donors (Lipinski definition) is 3. The van der Waals surface area contributed by atoms with E-state index in [1.165, 1.54) is 9.79 Å². The Hall–Kier alpha value is -2.31. The second-order valence-corrected chi connectivity index (χ2v) is 10.1. The summed E-state index contributed by atoms with van der Waals surface area (Å²) in [6.07, 6.45) is -0.657. The molecule has 0 saturated carbocycles. The van der Waals surface area contributed by atoms with Gasteiger partial charge >= 0.3 is 6.09 Å². The van der Waals surface area contributed by atoms with Gasteiger partial charge in [-0.25, -0.2) is 31.8 Å². The maximum atomic E-state index is 14.0. The van der Waals surface area contributed by atoms with Gasteiger partial charge < -0.3 is 10.0 Å². The van der Waals surface area contributed by atoms with Crippen LogP contribution in [0.2, 0.25) is 0 Å². The number of likely N-dealkylation sites (tertiary alicyclic amines) is 1.